The number of fused-ring (bicyclic) bond motifs is 1. The van der Waals surface area contributed by atoms with Crippen LogP contribution < -0.4 is 4.90 Å². The standard InChI is InChI=1S/C25H15BrF2N2O3S/c1-12-3-2-4-14(9-12)21-20(22(31)13-5-7-15(26)8-6-13)23(32)24(33)30(21)25-29-18-10-16(27)17(28)11-19(18)34-25/h2-11,21,31H,1H3/b22-20+. The molecule has 3 aromatic carbocycles. The average Bonchev–Trinajstić information content (AvgIpc) is 3.32. The van der Waals surface area contributed by atoms with Gasteiger partial charge in [0, 0.05) is 16.1 Å². The topological polar surface area (TPSA) is 70.5 Å². The number of aliphatic hydroxyl groups is 1. The highest BCUT2D eigenvalue weighted by Crippen LogP contribution is 2.44. The van der Waals surface area contributed by atoms with Crippen molar-refractivity contribution in [1.82, 2.24) is 4.98 Å². The van der Waals surface area contributed by atoms with Gasteiger partial charge in [-0.1, -0.05) is 69.2 Å². The average molecular weight is 541 g/mol. The highest BCUT2D eigenvalue weighted by molar-refractivity contribution is 9.10. The van der Waals surface area contributed by atoms with Crippen molar-refractivity contribution in [2.24, 2.45) is 0 Å². The first kappa shape index (κ1) is 22.4. The zero-order valence-corrected chi connectivity index (χ0v) is 20.0. The van der Waals surface area contributed by atoms with Gasteiger partial charge < -0.3 is 5.11 Å². The summed E-state index contributed by atoms with van der Waals surface area (Å²) in [6.45, 7) is 1.87. The van der Waals surface area contributed by atoms with Crippen LogP contribution in [-0.4, -0.2) is 21.8 Å². The summed E-state index contributed by atoms with van der Waals surface area (Å²) in [6.07, 6.45) is 0. The summed E-state index contributed by atoms with van der Waals surface area (Å²) < 4.78 is 28.6. The number of thiazole rings is 1. The van der Waals surface area contributed by atoms with E-state index >= 15 is 0 Å². The minimum atomic E-state index is -1.06. The quantitative estimate of drug-likeness (QED) is 0.189. The molecule has 5 nitrogen and oxygen atoms in total. The van der Waals surface area contributed by atoms with Gasteiger partial charge >= 0.3 is 5.91 Å². The van der Waals surface area contributed by atoms with Crippen LogP contribution in [0, 0.1) is 18.6 Å². The molecule has 9 heteroatoms. The molecule has 1 aliphatic heterocycles. The van der Waals surface area contributed by atoms with Crippen molar-refractivity contribution >= 4 is 60.1 Å². The van der Waals surface area contributed by atoms with Crippen LogP contribution in [-0.2, 0) is 9.59 Å². The molecule has 0 radical (unpaired) electrons. The molecule has 1 aliphatic rings. The predicted octanol–water partition coefficient (Wildman–Crippen LogP) is 6.27. The predicted molar refractivity (Wildman–Crippen MR) is 130 cm³/mol. The molecule has 0 saturated carbocycles. The Morgan fingerprint density at radius 1 is 1.06 bits per heavy atom. The van der Waals surface area contributed by atoms with Crippen LogP contribution in [0.1, 0.15) is 22.7 Å². The van der Waals surface area contributed by atoms with Gasteiger partial charge in [0.1, 0.15) is 5.76 Å². The first-order valence-corrected chi connectivity index (χ1v) is 11.7. The second kappa shape index (κ2) is 8.41. The van der Waals surface area contributed by atoms with Crippen molar-refractivity contribution < 1.29 is 23.5 Å². The zero-order valence-electron chi connectivity index (χ0n) is 17.6. The summed E-state index contributed by atoms with van der Waals surface area (Å²) >= 11 is 4.30. The number of hydrogen-bond donors (Lipinski definition) is 1. The normalized spacial score (nSPS) is 17.6. The molecule has 170 valence electrons. The first-order valence-electron chi connectivity index (χ1n) is 10.1. The molecule has 1 N–H and O–H groups in total. The molecule has 0 bridgehead atoms. The lowest BCUT2D eigenvalue weighted by molar-refractivity contribution is -0.132. The van der Waals surface area contributed by atoms with Crippen LogP contribution in [0.5, 0.6) is 0 Å². The Balaban J connectivity index is 1.74. The Bertz CT molecular complexity index is 1480. The van der Waals surface area contributed by atoms with Gasteiger partial charge in [0.05, 0.1) is 21.8 Å². The summed E-state index contributed by atoms with van der Waals surface area (Å²) in [7, 11) is 0. The van der Waals surface area contributed by atoms with Crippen molar-refractivity contribution in [3.8, 4) is 0 Å². The molecular formula is C25H15BrF2N2O3S. The number of aliphatic hydroxyl groups excluding tert-OH is 1. The second-order valence-electron chi connectivity index (χ2n) is 7.82. The Morgan fingerprint density at radius 2 is 1.76 bits per heavy atom. The lowest BCUT2D eigenvalue weighted by Gasteiger charge is -2.23. The van der Waals surface area contributed by atoms with E-state index in [0.29, 0.717) is 15.8 Å². The maximum Gasteiger partial charge on any atom is 0.301 e. The van der Waals surface area contributed by atoms with E-state index in [1.807, 2.05) is 19.1 Å². The van der Waals surface area contributed by atoms with Crippen LogP contribution in [0.4, 0.5) is 13.9 Å². The summed E-state index contributed by atoms with van der Waals surface area (Å²) in [5.41, 5.74) is 1.92. The number of amides is 1. The highest BCUT2D eigenvalue weighted by Gasteiger charge is 2.48. The van der Waals surface area contributed by atoms with Crippen molar-refractivity contribution in [3.05, 3.63) is 99.0 Å². The van der Waals surface area contributed by atoms with Crippen LogP contribution >= 0.6 is 27.3 Å². The summed E-state index contributed by atoms with van der Waals surface area (Å²) in [6, 6.07) is 14.9. The SMILES string of the molecule is Cc1cccc(C2/C(=C(\O)c3ccc(Br)cc3)C(=O)C(=O)N2c2nc3cc(F)c(F)cc3s2)c1. The number of aromatic nitrogens is 1. The fourth-order valence-corrected chi connectivity index (χ4v) is 5.23. The molecule has 5 rings (SSSR count). The maximum absolute atomic E-state index is 13.8. The number of nitrogens with zero attached hydrogens (tertiary/aromatic N) is 2. The molecule has 1 amide bonds. The van der Waals surface area contributed by atoms with E-state index in [2.05, 4.69) is 20.9 Å². The molecular weight excluding hydrogens is 526 g/mol. The molecule has 1 aromatic heterocycles. The van der Waals surface area contributed by atoms with E-state index in [0.717, 1.165) is 33.5 Å². The van der Waals surface area contributed by atoms with Crippen LogP contribution in [0.25, 0.3) is 16.0 Å². The van der Waals surface area contributed by atoms with E-state index in [4.69, 9.17) is 0 Å². The number of carbonyl (C=O) groups excluding carboxylic acids is 2. The first-order chi connectivity index (χ1) is 16.2. The number of anilines is 1. The van der Waals surface area contributed by atoms with Crippen molar-refractivity contribution in [1.29, 1.82) is 0 Å². The molecule has 1 unspecified atom stereocenters. The van der Waals surface area contributed by atoms with Crippen molar-refractivity contribution in [2.75, 3.05) is 4.90 Å². The third kappa shape index (κ3) is 3.70. The van der Waals surface area contributed by atoms with Gasteiger partial charge in [0.15, 0.2) is 16.8 Å². The van der Waals surface area contributed by atoms with E-state index in [9.17, 15) is 23.5 Å². The van der Waals surface area contributed by atoms with Crippen LogP contribution in [0.3, 0.4) is 0 Å². The van der Waals surface area contributed by atoms with E-state index in [1.54, 1.807) is 36.4 Å². The number of carbonyl (C=O) groups is 2. The lowest BCUT2D eigenvalue weighted by Crippen LogP contribution is -2.29. The van der Waals surface area contributed by atoms with Gasteiger partial charge in [0.25, 0.3) is 5.78 Å². The summed E-state index contributed by atoms with van der Waals surface area (Å²) in [4.78, 5) is 31.9. The minimum absolute atomic E-state index is 0.0884. The molecule has 1 atom stereocenters. The number of Topliss-reactive ketones (excluding diaryl/α,β-unsaturated/α-hetero) is 1. The number of hydrogen-bond acceptors (Lipinski definition) is 5. The smallest absolute Gasteiger partial charge is 0.301 e. The van der Waals surface area contributed by atoms with Crippen LogP contribution in [0.2, 0.25) is 0 Å². The number of ketones is 1. The largest absolute Gasteiger partial charge is 0.507 e. The number of halogens is 3. The minimum Gasteiger partial charge on any atom is -0.507 e. The van der Waals surface area contributed by atoms with Gasteiger partial charge in [-0.15, -0.1) is 0 Å². The van der Waals surface area contributed by atoms with E-state index < -0.39 is 29.4 Å². The Morgan fingerprint density at radius 3 is 2.47 bits per heavy atom. The second-order valence-corrected chi connectivity index (χ2v) is 9.75. The van der Waals surface area contributed by atoms with Gasteiger partial charge in [0.2, 0.25) is 0 Å². The maximum atomic E-state index is 13.8. The summed E-state index contributed by atoms with van der Waals surface area (Å²) in [5.74, 6) is -4.17. The molecule has 1 fully saturated rings. The van der Waals surface area contributed by atoms with Gasteiger partial charge in [-0.3, -0.25) is 14.5 Å². The molecule has 2 heterocycles. The van der Waals surface area contributed by atoms with Gasteiger partial charge in [-0.25, -0.2) is 13.8 Å². The fraction of sp³-hybridized carbons (Fsp3) is 0.0800. The third-order valence-corrected chi connectivity index (χ3v) is 7.09. The Kier molecular flexibility index (Phi) is 5.53. The van der Waals surface area contributed by atoms with Gasteiger partial charge in [-0.05, 0) is 30.7 Å². The molecule has 1 saturated heterocycles. The van der Waals surface area contributed by atoms with Crippen molar-refractivity contribution in [3.63, 3.8) is 0 Å². The number of benzene rings is 3. The summed E-state index contributed by atoms with van der Waals surface area (Å²) in [5, 5.41) is 11.2. The third-order valence-electron chi connectivity index (χ3n) is 5.55. The molecule has 34 heavy (non-hydrogen) atoms. The number of rotatable bonds is 3. The highest BCUT2D eigenvalue weighted by atomic mass is 79.9. The fourth-order valence-electron chi connectivity index (χ4n) is 3.96. The molecule has 0 aliphatic carbocycles. The van der Waals surface area contributed by atoms with Crippen molar-refractivity contribution in [2.45, 2.75) is 13.0 Å². The van der Waals surface area contributed by atoms with Gasteiger partial charge in [-0.2, -0.15) is 0 Å². The van der Waals surface area contributed by atoms with E-state index in [1.165, 1.54) is 4.90 Å². The molecule has 0 spiro atoms. The lowest BCUT2D eigenvalue weighted by atomic mass is 9.94. The van der Waals surface area contributed by atoms with E-state index in [-0.39, 0.29) is 22.0 Å². The Hall–Kier alpha value is -3.43. The van der Waals surface area contributed by atoms with Crippen LogP contribution in [0.15, 0.2) is 70.7 Å². The Labute approximate surface area is 205 Å². The molecule has 4 aromatic rings. The number of aryl methyl sites for hydroxylation is 1. The zero-order chi connectivity index (χ0) is 24.1. The monoisotopic (exact) mass is 540 g/mol.